The molecule has 358 valence electrons. The van der Waals surface area contributed by atoms with Gasteiger partial charge in [-0.3, -0.25) is 19.2 Å². The topological polar surface area (TPSA) is 212 Å². The average molecular weight is 1040 g/mol. The Hall–Kier alpha value is -6.89. The zero-order chi connectivity index (χ0) is 51.1. The zero-order valence-electron chi connectivity index (χ0n) is 37.3. The molecule has 0 aliphatic carbocycles. The van der Waals surface area contributed by atoms with Crippen molar-refractivity contribution >= 4 is 82.5 Å². The summed E-state index contributed by atoms with van der Waals surface area (Å²) in [6, 6.07) is 38.0. The molecule has 5 aromatic carbocycles. The van der Waals surface area contributed by atoms with Gasteiger partial charge in [0.05, 0.1) is 44.8 Å². The van der Waals surface area contributed by atoms with E-state index in [1.165, 1.54) is 34.7 Å². The average Bonchev–Trinajstić information content (AvgIpc) is 3.36. The number of aryl methyl sites for hydroxylation is 3. The molecule has 0 bridgehead atoms. The SMILES string of the molecule is Cn1ncc(-c2ccccc2)c(-c2ccc(C[C@H](NC(=O)c3c(Cl)cccc3Cl)C(=O)O)cc2)c1=O.Cn1ncc(-c2ccccc2)c(Cl)c1=O.Cn1ncc(Cl)c(Cl)c1=O.OB(O)c1ccccc1. The van der Waals surface area contributed by atoms with E-state index < -0.39 is 25.0 Å². The Morgan fingerprint density at radius 1 is 0.557 bits per heavy atom. The molecule has 8 aromatic rings. The second kappa shape index (κ2) is 25.6. The van der Waals surface area contributed by atoms with Crippen molar-refractivity contribution in [3.8, 4) is 33.4 Å². The molecule has 0 aliphatic heterocycles. The molecule has 0 aliphatic rings. The van der Waals surface area contributed by atoms with E-state index in [1.54, 1.807) is 81.1 Å². The van der Waals surface area contributed by atoms with Crippen molar-refractivity contribution in [1.29, 1.82) is 0 Å². The lowest BCUT2D eigenvalue weighted by molar-refractivity contribution is -0.139. The normalized spacial score (nSPS) is 10.8. The number of carbonyl (C=O) groups excluding carboxylic acids is 1. The molecule has 1 amide bonds. The monoisotopic (exact) mass is 1040 g/mol. The van der Waals surface area contributed by atoms with Gasteiger partial charge >= 0.3 is 13.1 Å². The number of halogens is 5. The van der Waals surface area contributed by atoms with Crippen LogP contribution >= 0.6 is 58.0 Å². The van der Waals surface area contributed by atoms with Crippen LogP contribution in [0.1, 0.15) is 15.9 Å². The number of nitrogens with one attached hydrogen (secondary N) is 1. The Morgan fingerprint density at radius 2 is 1.01 bits per heavy atom. The first-order valence-electron chi connectivity index (χ1n) is 20.6. The number of amides is 1. The van der Waals surface area contributed by atoms with Gasteiger partial charge in [0.25, 0.3) is 22.6 Å². The number of rotatable bonds is 9. The van der Waals surface area contributed by atoms with Crippen molar-refractivity contribution in [2.24, 2.45) is 21.1 Å². The van der Waals surface area contributed by atoms with E-state index in [-0.39, 0.29) is 53.8 Å². The lowest BCUT2D eigenvalue weighted by Crippen LogP contribution is -2.42. The summed E-state index contributed by atoms with van der Waals surface area (Å²) in [4.78, 5) is 60.0. The second-order valence-corrected chi connectivity index (χ2v) is 16.8. The van der Waals surface area contributed by atoms with Gasteiger partial charge in [-0.2, -0.15) is 15.3 Å². The van der Waals surface area contributed by atoms with Gasteiger partial charge in [0.1, 0.15) is 16.1 Å². The number of aliphatic carboxylic acids is 1. The lowest BCUT2D eigenvalue weighted by atomic mass is 9.81. The van der Waals surface area contributed by atoms with Crippen LogP contribution in [0.3, 0.4) is 0 Å². The number of aromatic nitrogens is 6. The summed E-state index contributed by atoms with van der Waals surface area (Å²) in [5, 5.41) is 41.7. The molecular formula is C49H41BCl5N7O8. The minimum absolute atomic E-state index is 0.0131. The van der Waals surface area contributed by atoms with Gasteiger partial charge < -0.3 is 20.5 Å². The summed E-state index contributed by atoms with van der Waals surface area (Å²) in [5.74, 6) is -1.88. The minimum atomic E-state index is -1.34. The van der Waals surface area contributed by atoms with Crippen LogP contribution in [0.2, 0.25) is 25.1 Å². The molecule has 0 radical (unpaired) electrons. The van der Waals surface area contributed by atoms with Gasteiger partial charge in [-0.25, -0.2) is 18.8 Å². The Morgan fingerprint density at radius 3 is 1.50 bits per heavy atom. The maximum atomic E-state index is 13.0. The third-order valence-corrected chi connectivity index (χ3v) is 11.7. The van der Waals surface area contributed by atoms with E-state index in [0.717, 1.165) is 15.8 Å². The fraction of sp³-hybridized carbons (Fsp3) is 0.102. The first-order chi connectivity index (χ1) is 33.4. The highest BCUT2D eigenvalue weighted by Gasteiger charge is 2.24. The lowest BCUT2D eigenvalue weighted by Gasteiger charge is -2.16. The minimum Gasteiger partial charge on any atom is -0.480 e. The molecular weight excluding hydrogens is 1000 g/mol. The van der Waals surface area contributed by atoms with Gasteiger partial charge in [-0.05, 0) is 39.8 Å². The molecule has 0 fully saturated rings. The first-order valence-corrected chi connectivity index (χ1v) is 22.5. The van der Waals surface area contributed by atoms with Gasteiger partial charge in [0.2, 0.25) is 0 Å². The van der Waals surface area contributed by atoms with Gasteiger partial charge in [-0.15, -0.1) is 0 Å². The third kappa shape index (κ3) is 14.3. The molecule has 3 heterocycles. The Bertz CT molecular complexity index is 3240. The van der Waals surface area contributed by atoms with Gasteiger partial charge in [0.15, 0.2) is 0 Å². The van der Waals surface area contributed by atoms with E-state index in [1.807, 2.05) is 66.7 Å². The van der Waals surface area contributed by atoms with E-state index in [0.29, 0.717) is 33.3 Å². The van der Waals surface area contributed by atoms with Crippen molar-refractivity contribution in [1.82, 2.24) is 34.7 Å². The molecule has 0 saturated heterocycles. The number of carboxylic acids is 1. The standard InChI is InChI=1S/C27H21Cl2N3O4.C11H9ClN2O.C6H7BO2.C5H4Cl2N2O/c1-32-26(34)23(19(15-30-32)17-6-3-2-4-7-17)18-12-10-16(11-13-18)14-22(27(35)36)31-25(33)24-20(28)8-5-9-21(24)29;1-14-11(15)10(12)9(7-13-14)8-5-3-2-4-6-8;8-7(9)6-4-2-1-3-5-6;1-9-5(10)4(7)3(6)2-8-9/h2-13,15,22H,14H2,1H3,(H,31,33)(H,35,36);2-7H,1H3;1-5,8-9H;2H,1H3/t22-;;;/m0.../s1. The molecule has 4 N–H and O–H groups in total. The van der Waals surface area contributed by atoms with E-state index >= 15 is 0 Å². The Labute approximate surface area is 425 Å². The van der Waals surface area contributed by atoms with Crippen LogP contribution in [-0.4, -0.2) is 69.5 Å². The van der Waals surface area contributed by atoms with Gasteiger partial charge in [-0.1, -0.05) is 179 Å². The van der Waals surface area contributed by atoms with Crippen molar-refractivity contribution in [3.63, 3.8) is 0 Å². The molecule has 0 unspecified atom stereocenters. The molecule has 8 rings (SSSR count). The number of carbonyl (C=O) groups is 2. The van der Waals surface area contributed by atoms with Crippen LogP contribution in [0.15, 0.2) is 166 Å². The van der Waals surface area contributed by atoms with Crippen LogP contribution < -0.4 is 27.5 Å². The first kappa shape index (κ1) is 54.1. The maximum Gasteiger partial charge on any atom is 0.488 e. The highest BCUT2D eigenvalue weighted by atomic mass is 35.5. The quantitative estimate of drug-likeness (QED) is 0.105. The number of nitrogens with zero attached hydrogens (tertiary/aromatic N) is 6. The summed E-state index contributed by atoms with van der Waals surface area (Å²) in [6.45, 7) is 0. The van der Waals surface area contributed by atoms with Crippen molar-refractivity contribution < 1.29 is 24.7 Å². The number of benzene rings is 5. The molecule has 15 nitrogen and oxygen atoms in total. The molecule has 70 heavy (non-hydrogen) atoms. The Kier molecular flexibility index (Phi) is 19.8. The largest absolute Gasteiger partial charge is 0.488 e. The van der Waals surface area contributed by atoms with E-state index in [4.69, 9.17) is 68.1 Å². The van der Waals surface area contributed by atoms with Crippen molar-refractivity contribution in [3.05, 3.63) is 219 Å². The van der Waals surface area contributed by atoms with Crippen LogP contribution in [0.5, 0.6) is 0 Å². The molecule has 0 saturated carbocycles. The molecule has 3 aromatic heterocycles. The van der Waals surface area contributed by atoms with E-state index in [9.17, 15) is 29.1 Å². The Balaban J connectivity index is 0.000000216. The number of hydrogen-bond acceptors (Lipinski definition) is 10. The van der Waals surface area contributed by atoms with Crippen LogP contribution in [0.4, 0.5) is 0 Å². The highest BCUT2D eigenvalue weighted by Crippen LogP contribution is 2.29. The molecule has 0 spiro atoms. The number of hydrogen-bond donors (Lipinski definition) is 4. The summed E-state index contributed by atoms with van der Waals surface area (Å²) in [6.07, 6.45) is 4.59. The summed E-state index contributed by atoms with van der Waals surface area (Å²) in [5.41, 5.74) is 4.55. The van der Waals surface area contributed by atoms with Crippen molar-refractivity contribution in [2.75, 3.05) is 0 Å². The van der Waals surface area contributed by atoms with Crippen LogP contribution in [0.25, 0.3) is 33.4 Å². The van der Waals surface area contributed by atoms with E-state index in [2.05, 4.69) is 20.6 Å². The van der Waals surface area contributed by atoms with Crippen molar-refractivity contribution in [2.45, 2.75) is 12.5 Å². The maximum absolute atomic E-state index is 13.0. The summed E-state index contributed by atoms with van der Waals surface area (Å²) >= 11 is 29.1. The summed E-state index contributed by atoms with van der Waals surface area (Å²) in [7, 11) is 3.32. The highest BCUT2D eigenvalue weighted by molar-refractivity contribution is 6.58. The smallest absolute Gasteiger partial charge is 0.480 e. The predicted molar refractivity (Wildman–Crippen MR) is 275 cm³/mol. The zero-order valence-corrected chi connectivity index (χ0v) is 41.0. The molecule has 21 heteroatoms. The summed E-state index contributed by atoms with van der Waals surface area (Å²) < 4.78 is 3.61. The fourth-order valence-electron chi connectivity index (χ4n) is 6.29. The van der Waals surface area contributed by atoms with Crippen LogP contribution in [-0.2, 0) is 32.4 Å². The van der Waals surface area contributed by atoms with Crippen LogP contribution in [0, 0.1) is 0 Å². The third-order valence-electron chi connectivity index (χ3n) is 9.99. The fourth-order valence-corrected chi connectivity index (χ4v) is 7.43. The predicted octanol–water partition coefficient (Wildman–Crippen LogP) is 7.40. The second-order valence-electron chi connectivity index (χ2n) is 14.8. The van der Waals surface area contributed by atoms with Gasteiger partial charge in [0, 0.05) is 38.7 Å². The number of carboxylic acid groups (broad SMARTS) is 1. The molecule has 1 atom stereocenters.